The van der Waals surface area contributed by atoms with Crippen LogP contribution in [0.4, 0.5) is 5.82 Å². The second kappa shape index (κ2) is 5.81. The van der Waals surface area contributed by atoms with Crippen LogP contribution in [0.25, 0.3) is 0 Å². The Morgan fingerprint density at radius 2 is 2.20 bits per heavy atom. The fraction of sp³-hybridized carbons (Fsp3) is 0.625. The molecule has 0 spiro atoms. The molecule has 108 valence electrons. The second-order valence-corrected chi connectivity index (χ2v) is 5.91. The number of carbonyl (C=O) groups is 1. The lowest BCUT2D eigenvalue weighted by molar-refractivity contribution is 0.0607. The summed E-state index contributed by atoms with van der Waals surface area (Å²) in [6.07, 6.45) is 8.72. The summed E-state index contributed by atoms with van der Waals surface area (Å²) in [4.78, 5) is 19.0. The van der Waals surface area contributed by atoms with Crippen LogP contribution in [-0.4, -0.2) is 34.4 Å². The molecule has 4 nitrogen and oxygen atoms in total. The number of rotatable bonds is 4. The predicted octanol–water partition coefficient (Wildman–Crippen LogP) is 3.06. The van der Waals surface area contributed by atoms with Crippen LogP contribution in [0.3, 0.4) is 0 Å². The maximum atomic E-state index is 12.6. The van der Waals surface area contributed by atoms with Gasteiger partial charge in [0.15, 0.2) is 0 Å². The van der Waals surface area contributed by atoms with E-state index < -0.39 is 0 Å². The fourth-order valence-corrected chi connectivity index (χ4v) is 2.90. The van der Waals surface area contributed by atoms with Gasteiger partial charge in [-0.2, -0.15) is 0 Å². The number of hydrogen-bond donors (Lipinski definition) is 1. The number of carbonyl (C=O) groups excluding carboxylic acids is 1. The van der Waals surface area contributed by atoms with E-state index in [1.165, 1.54) is 19.3 Å². The molecule has 20 heavy (non-hydrogen) atoms. The Balaban J connectivity index is 1.68. The SMILES string of the molecule is CC[C@@H]1CCCCN1C(=O)c1ccc(NC2CC2)nc1. The highest BCUT2D eigenvalue weighted by atomic mass is 16.2. The molecule has 3 rings (SSSR count). The molecule has 0 bridgehead atoms. The predicted molar refractivity (Wildman–Crippen MR) is 79.8 cm³/mol. The Hall–Kier alpha value is -1.58. The molecule has 2 heterocycles. The van der Waals surface area contributed by atoms with E-state index in [0.29, 0.717) is 17.6 Å². The van der Waals surface area contributed by atoms with Gasteiger partial charge in [-0.25, -0.2) is 4.98 Å². The third-order valence-corrected chi connectivity index (χ3v) is 4.30. The lowest BCUT2D eigenvalue weighted by Crippen LogP contribution is -2.43. The van der Waals surface area contributed by atoms with E-state index in [-0.39, 0.29) is 5.91 Å². The van der Waals surface area contributed by atoms with Gasteiger partial charge < -0.3 is 10.2 Å². The normalized spacial score (nSPS) is 22.6. The van der Waals surface area contributed by atoms with Crippen LogP contribution < -0.4 is 5.32 Å². The average molecular weight is 273 g/mol. The molecule has 1 amide bonds. The second-order valence-electron chi connectivity index (χ2n) is 5.91. The third kappa shape index (κ3) is 2.94. The summed E-state index contributed by atoms with van der Waals surface area (Å²) in [5.74, 6) is 1.02. The smallest absolute Gasteiger partial charge is 0.255 e. The van der Waals surface area contributed by atoms with Gasteiger partial charge in [0.05, 0.1) is 5.56 Å². The van der Waals surface area contributed by atoms with E-state index in [2.05, 4.69) is 17.2 Å². The highest BCUT2D eigenvalue weighted by Gasteiger charge is 2.26. The first kappa shape index (κ1) is 13.4. The lowest BCUT2D eigenvalue weighted by Gasteiger charge is -2.35. The van der Waals surface area contributed by atoms with Gasteiger partial charge in [-0.05, 0) is 50.7 Å². The van der Waals surface area contributed by atoms with Crippen molar-refractivity contribution in [3.8, 4) is 0 Å². The summed E-state index contributed by atoms with van der Waals surface area (Å²) in [6.45, 7) is 3.05. The van der Waals surface area contributed by atoms with Crippen molar-refractivity contribution in [2.45, 2.75) is 57.5 Å². The van der Waals surface area contributed by atoms with Crippen LogP contribution in [0.2, 0.25) is 0 Å². The molecular formula is C16H23N3O. The number of piperidine rings is 1. The summed E-state index contributed by atoms with van der Waals surface area (Å²) in [5.41, 5.74) is 0.715. The van der Waals surface area contributed by atoms with Gasteiger partial charge in [-0.3, -0.25) is 4.79 Å². The van der Waals surface area contributed by atoms with Crippen LogP contribution in [-0.2, 0) is 0 Å². The fourth-order valence-electron chi connectivity index (χ4n) is 2.90. The van der Waals surface area contributed by atoms with Gasteiger partial charge in [0.2, 0.25) is 0 Å². The monoisotopic (exact) mass is 273 g/mol. The van der Waals surface area contributed by atoms with Gasteiger partial charge in [0.25, 0.3) is 5.91 Å². The van der Waals surface area contributed by atoms with Gasteiger partial charge >= 0.3 is 0 Å². The van der Waals surface area contributed by atoms with E-state index in [4.69, 9.17) is 0 Å². The van der Waals surface area contributed by atoms with E-state index in [0.717, 1.165) is 31.6 Å². The highest BCUT2D eigenvalue weighted by molar-refractivity contribution is 5.94. The van der Waals surface area contributed by atoms with Crippen LogP contribution >= 0.6 is 0 Å². The Labute approximate surface area is 120 Å². The number of nitrogens with one attached hydrogen (secondary N) is 1. The Morgan fingerprint density at radius 1 is 1.35 bits per heavy atom. The van der Waals surface area contributed by atoms with Crippen LogP contribution in [0.5, 0.6) is 0 Å². The Bertz CT molecular complexity index is 467. The summed E-state index contributed by atoms with van der Waals surface area (Å²) in [5, 5.41) is 3.35. The molecule has 4 heteroatoms. The van der Waals surface area contributed by atoms with E-state index >= 15 is 0 Å². The molecule has 1 aromatic rings. The summed E-state index contributed by atoms with van der Waals surface area (Å²) < 4.78 is 0. The van der Waals surface area contributed by atoms with Crippen LogP contribution in [0, 0.1) is 0 Å². The zero-order valence-corrected chi connectivity index (χ0v) is 12.1. The van der Waals surface area contributed by atoms with Crippen molar-refractivity contribution in [3.63, 3.8) is 0 Å². The largest absolute Gasteiger partial charge is 0.367 e. The Kier molecular flexibility index (Phi) is 3.90. The first-order chi connectivity index (χ1) is 9.78. The maximum absolute atomic E-state index is 12.6. The summed E-state index contributed by atoms with van der Waals surface area (Å²) in [6, 6.07) is 4.83. The molecule has 1 aliphatic heterocycles. The summed E-state index contributed by atoms with van der Waals surface area (Å²) >= 11 is 0. The minimum absolute atomic E-state index is 0.141. The molecule has 0 aromatic carbocycles. The first-order valence-corrected chi connectivity index (χ1v) is 7.81. The quantitative estimate of drug-likeness (QED) is 0.917. The van der Waals surface area contributed by atoms with Crippen molar-refractivity contribution in [1.29, 1.82) is 0 Å². The number of anilines is 1. The molecule has 2 fully saturated rings. The number of pyridine rings is 1. The number of likely N-dealkylation sites (tertiary alicyclic amines) is 1. The first-order valence-electron chi connectivity index (χ1n) is 7.81. The van der Waals surface area contributed by atoms with Crippen molar-refractivity contribution in [2.75, 3.05) is 11.9 Å². The number of hydrogen-bond acceptors (Lipinski definition) is 3. The molecule has 1 N–H and O–H groups in total. The number of nitrogens with zero attached hydrogens (tertiary/aromatic N) is 2. The molecule has 1 atom stereocenters. The van der Waals surface area contributed by atoms with Gasteiger partial charge in [-0.15, -0.1) is 0 Å². The number of amides is 1. The molecular weight excluding hydrogens is 250 g/mol. The minimum atomic E-state index is 0.141. The van der Waals surface area contributed by atoms with Crippen molar-refractivity contribution in [2.24, 2.45) is 0 Å². The van der Waals surface area contributed by atoms with E-state index in [1.807, 2.05) is 17.0 Å². The van der Waals surface area contributed by atoms with Crippen molar-refractivity contribution in [1.82, 2.24) is 9.88 Å². The van der Waals surface area contributed by atoms with Gasteiger partial charge in [0, 0.05) is 24.8 Å². The van der Waals surface area contributed by atoms with Gasteiger partial charge in [-0.1, -0.05) is 6.92 Å². The molecule has 0 radical (unpaired) electrons. The van der Waals surface area contributed by atoms with E-state index in [9.17, 15) is 4.79 Å². The third-order valence-electron chi connectivity index (χ3n) is 4.30. The van der Waals surface area contributed by atoms with Crippen LogP contribution in [0.1, 0.15) is 55.8 Å². The maximum Gasteiger partial charge on any atom is 0.255 e. The standard InChI is InChI=1S/C16H23N3O/c1-2-14-5-3-4-10-19(14)16(20)12-6-9-15(17-11-12)18-13-7-8-13/h6,9,11,13-14H,2-5,7-8,10H2,1H3,(H,17,18)/t14-/m1/s1. The zero-order valence-electron chi connectivity index (χ0n) is 12.1. The van der Waals surface area contributed by atoms with Crippen molar-refractivity contribution < 1.29 is 4.79 Å². The molecule has 1 saturated heterocycles. The zero-order chi connectivity index (χ0) is 13.9. The topological polar surface area (TPSA) is 45.2 Å². The molecule has 1 aromatic heterocycles. The molecule has 2 aliphatic rings. The minimum Gasteiger partial charge on any atom is -0.367 e. The Morgan fingerprint density at radius 3 is 2.85 bits per heavy atom. The molecule has 1 saturated carbocycles. The molecule has 1 aliphatic carbocycles. The van der Waals surface area contributed by atoms with Crippen molar-refractivity contribution in [3.05, 3.63) is 23.9 Å². The number of aromatic nitrogens is 1. The summed E-state index contributed by atoms with van der Waals surface area (Å²) in [7, 11) is 0. The molecule has 0 unspecified atom stereocenters. The highest BCUT2D eigenvalue weighted by Crippen LogP contribution is 2.24. The van der Waals surface area contributed by atoms with Crippen LogP contribution in [0.15, 0.2) is 18.3 Å². The van der Waals surface area contributed by atoms with Crippen molar-refractivity contribution >= 4 is 11.7 Å². The van der Waals surface area contributed by atoms with Gasteiger partial charge in [0.1, 0.15) is 5.82 Å². The average Bonchev–Trinajstić information content (AvgIpc) is 3.31. The van der Waals surface area contributed by atoms with E-state index in [1.54, 1.807) is 6.20 Å². The lowest BCUT2D eigenvalue weighted by atomic mass is 9.99.